The first-order valence-corrected chi connectivity index (χ1v) is 7.11. The minimum Gasteiger partial charge on any atom is -0.330 e. The fourth-order valence-corrected chi connectivity index (χ4v) is 2.04. The normalized spacial score (nSPS) is 11.8. The van der Waals surface area contributed by atoms with Gasteiger partial charge in [0, 0.05) is 0 Å². The Hall–Kier alpha value is -2.11. The molecule has 1 atom stereocenters. The van der Waals surface area contributed by atoms with E-state index in [1.165, 1.54) is 12.1 Å². The third-order valence-corrected chi connectivity index (χ3v) is 3.33. The van der Waals surface area contributed by atoms with E-state index in [0.29, 0.717) is 5.56 Å². The number of rotatable bonds is 5. The van der Waals surface area contributed by atoms with Gasteiger partial charge in [-0.2, -0.15) is 0 Å². The van der Waals surface area contributed by atoms with E-state index in [1.54, 1.807) is 13.0 Å². The molecule has 0 aliphatic carbocycles. The van der Waals surface area contributed by atoms with Crippen LogP contribution in [-0.2, 0) is 11.4 Å². The van der Waals surface area contributed by atoms with Crippen LogP contribution in [0, 0.1) is 5.82 Å². The van der Waals surface area contributed by atoms with Gasteiger partial charge in [-0.05, 0) is 30.2 Å². The van der Waals surface area contributed by atoms with Crippen LogP contribution in [0.15, 0.2) is 48.5 Å². The van der Waals surface area contributed by atoms with Crippen LogP contribution in [0.2, 0.25) is 5.02 Å². The maximum atomic E-state index is 13.1. The highest BCUT2D eigenvalue weighted by molar-refractivity contribution is 6.30. The lowest BCUT2D eigenvalue weighted by atomic mass is 10.1. The van der Waals surface area contributed by atoms with Crippen molar-refractivity contribution in [2.45, 2.75) is 19.6 Å². The van der Waals surface area contributed by atoms with Crippen LogP contribution >= 0.6 is 11.6 Å². The van der Waals surface area contributed by atoms with E-state index in [0.717, 1.165) is 5.56 Å². The summed E-state index contributed by atoms with van der Waals surface area (Å²) in [7, 11) is 0. The van der Waals surface area contributed by atoms with E-state index in [9.17, 15) is 9.18 Å². The number of hydroxylamine groups is 1. The van der Waals surface area contributed by atoms with Gasteiger partial charge in [-0.25, -0.2) is 14.7 Å². The van der Waals surface area contributed by atoms with Crippen molar-refractivity contribution in [1.82, 2.24) is 10.8 Å². The molecule has 1 unspecified atom stereocenters. The summed E-state index contributed by atoms with van der Waals surface area (Å²) in [4.78, 5) is 16.8. The molecule has 0 heterocycles. The molecule has 0 saturated heterocycles. The monoisotopic (exact) mass is 322 g/mol. The number of benzene rings is 2. The van der Waals surface area contributed by atoms with Crippen molar-refractivity contribution in [3.05, 3.63) is 70.5 Å². The summed E-state index contributed by atoms with van der Waals surface area (Å²) < 4.78 is 13.1. The van der Waals surface area contributed by atoms with Crippen molar-refractivity contribution >= 4 is 17.6 Å². The molecule has 0 aromatic heterocycles. The second-order valence-corrected chi connectivity index (χ2v) is 5.15. The van der Waals surface area contributed by atoms with Crippen molar-refractivity contribution in [2.75, 3.05) is 0 Å². The van der Waals surface area contributed by atoms with Crippen molar-refractivity contribution in [3.8, 4) is 0 Å². The third kappa shape index (κ3) is 4.72. The lowest BCUT2D eigenvalue weighted by molar-refractivity contribution is 0.0483. The van der Waals surface area contributed by atoms with E-state index >= 15 is 0 Å². The van der Waals surface area contributed by atoms with Gasteiger partial charge in [0.15, 0.2) is 0 Å². The van der Waals surface area contributed by atoms with Gasteiger partial charge in [0.25, 0.3) is 0 Å². The topological polar surface area (TPSA) is 50.4 Å². The van der Waals surface area contributed by atoms with Crippen LogP contribution in [-0.4, -0.2) is 6.03 Å². The minimum absolute atomic E-state index is 0.0203. The molecule has 2 aromatic carbocycles. The van der Waals surface area contributed by atoms with Crippen LogP contribution in [0.4, 0.5) is 9.18 Å². The molecular weight excluding hydrogens is 307 g/mol. The van der Waals surface area contributed by atoms with Crippen LogP contribution < -0.4 is 10.8 Å². The van der Waals surface area contributed by atoms with E-state index in [4.69, 9.17) is 16.4 Å². The number of hydrogen-bond donors (Lipinski definition) is 2. The van der Waals surface area contributed by atoms with Crippen LogP contribution in [0.25, 0.3) is 0 Å². The Bertz CT molecular complexity index is 637. The molecule has 6 heteroatoms. The van der Waals surface area contributed by atoms with Gasteiger partial charge in [-0.15, -0.1) is 0 Å². The predicted molar refractivity (Wildman–Crippen MR) is 82.7 cm³/mol. The summed E-state index contributed by atoms with van der Waals surface area (Å²) in [5.74, 6) is -0.492. The quantitative estimate of drug-likeness (QED) is 0.818. The van der Waals surface area contributed by atoms with Gasteiger partial charge in [-0.3, -0.25) is 4.84 Å². The summed E-state index contributed by atoms with van der Waals surface area (Å²) in [6.07, 6.45) is 0. The molecular formula is C16H16ClFN2O2. The zero-order valence-corrected chi connectivity index (χ0v) is 12.7. The first-order valence-electron chi connectivity index (χ1n) is 6.73. The fourth-order valence-electron chi connectivity index (χ4n) is 1.85. The number of halogens is 2. The average Bonchev–Trinajstić information content (AvgIpc) is 2.51. The lowest BCUT2D eigenvalue weighted by Gasteiger charge is -2.15. The Morgan fingerprint density at radius 1 is 1.27 bits per heavy atom. The molecule has 0 fully saturated rings. The zero-order chi connectivity index (χ0) is 15.9. The van der Waals surface area contributed by atoms with E-state index < -0.39 is 11.8 Å². The molecule has 2 aromatic rings. The number of amides is 2. The highest BCUT2D eigenvalue weighted by atomic mass is 35.5. The van der Waals surface area contributed by atoms with E-state index in [-0.39, 0.29) is 17.7 Å². The molecule has 2 N–H and O–H groups in total. The molecule has 2 rings (SSSR count). The molecule has 4 nitrogen and oxygen atoms in total. The van der Waals surface area contributed by atoms with Gasteiger partial charge in [0.05, 0.1) is 17.7 Å². The minimum atomic E-state index is -0.492. The maximum Gasteiger partial charge on any atom is 0.339 e. The maximum absolute atomic E-state index is 13.1. The van der Waals surface area contributed by atoms with Gasteiger partial charge in [0.2, 0.25) is 0 Å². The number of urea groups is 1. The van der Waals surface area contributed by atoms with Crippen molar-refractivity contribution in [1.29, 1.82) is 0 Å². The van der Waals surface area contributed by atoms with Gasteiger partial charge < -0.3 is 5.32 Å². The molecule has 0 aliphatic heterocycles. The average molecular weight is 323 g/mol. The smallest absolute Gasteiger partial charge is 0.330 e. The van der Waals surface area contributed by atoms with Crippen LogP contribution in [0.1, 0.15) is 24.1 Å². The SMILES string of the molecule is CC(NC(=O)NOCc1ccccc1)c1ccc(F)c(Cl)c1. The highest BCUT2D eigenvalue weighted by Gasteiger charge is 2.11. The second kappa shape index (κ2) is 7.77. The largest absolute Gasteiger partial charge is 0.339 e. The summed E-state index contributed by atoms with van der Waals surface area (Å²) in [5.41, 5.74) is 3.94. The summed E-state index contributed by atoms with van der Waals surface area (Å²) in [5, 5.41) is 2.69. The molecule has 0 bridgehead atoms. The molecule has 2 amide bonds. The standard InChI is InChI=1S/C16H16ClFN2O2/c1-11(13-7-8-15(18)14(17)9-13)19-16(21)20-22-10-12-5-3-2-4-6-12/h2-9,11H,10H2,1H3,(H2,19,20,21). The highest BCUT2D eigenvalue weighted by Crippen LogP contribution is 2.20. The Labute approximate surface area is 133 Å². The van der Waals surface area contributed by atoms with Gasteiger partial charge in [0.1, 0.15) is 5.82 Å². The zero-order valence-electron chi connectivity index (χ0n) is 12.0. The first kappa shape index (κ1) is 16.3. The van der Waals surface area contributed by atoms with Crippen molar-refractivity contribution in [2.24, 2.45) is 0 Å². The Morgan fingerprint density at radius 2 is 2.00 bits per heavy atom. The van der Waals surface area contributed by atoms with Crippen molar-refractivity contribution < 1.29 is 14.0 Å². The Kier molecular flexibility index (Phi) is 5.75. The molecule has 0 aliphatic rings. The number of carbonyl (C=O) groups is 1. The first-order chi connectivity index (χ1) is 10.6. The van der Waals surface area contributed by atoms with Crippen molar-refractivity contribution in [3.63, 3.8) is 0 Å². The summed E-state index contributed by atoms with van der Waals surface area (Å²) in [6.45, 7) is 2.03. The molecule has 0 saturated carbocycles. The number of hydrogen-bond acceptors (Lipinski definition) is 2. The molecule has 0 spiro atoms. The predicted octanol–water partition coefficient (Wildman–Crippen LogP) is 3.97. The Balaban J connectivity index is 1.80. The Morgan fingerprint density at radius 3 is 2.68 bits per heavy atom. The number of nitrogens with one attached hydrogen (secondary N) is 2. The summed E-state index contributed by atoms with van der Waals surface area (Å²) >= 11 is 5.72. The molecule has 116 valence electrons. The van der Waals surface area contributed by atoms with E-state index in [1.807, 2.05) is 30.3 Å². The van der Waals surface area contributed by atoms with Crippen LogP contribution in [0.5, 0.6) is 0 Å². The fraction of sp³-hybridized carbons (Fsp3) is 0.188. The van der Waals surface area contributed by atoms with Gasteiger partial charge in [-0.1, -0.05) is 48.0 Å². The van der Waals surface area contributed by atoms with Crippen LogP contribution in [0.3, 0.4) is 0 Å². The lowest BCUT2D eigenvalue weighted by Crippen LogP contribution is -2.36. The molecule has 0 radical (unpaired) electrons. The van der Waals surface area contributed by atoms with E-state index in [2.05, 4.69) is 10.8 Å². The van der Waals surface area contributed by atoms with Gasteiger partial charge >= 0.3 is 6.03 Å². The molecule has 22 heavy (non-hydrogen) atoms. The number of carbonyl (C=O) groups excluding carboxylic acids is 1. The summed E-state index contributed by atoms with van der Waals surface area (Å²) in [6, 6.07) is 13.0. The second-order valence-electron chi connectivity index (χ2n) is 4.75. The third-order valence-electron chi connectivity index (χ3n) is 3.04.